The number of fused-ring (bicyclic) bond motifs is 1. The molecule has 3 rings (SSSR count). The van der Waals surface area contributed by atoms with E-state index in [-0.39, 0.29) is 11.5 Å². The normalized spacial score (nSPS) is 18.1. The second kappa shape index (κ2) is 7.49. The largest absolute Gasteiger partial charge is 0.492 e. The number of ether oxygens (including phenoxy) is 3. The van der Waals surface area contributed by atoms with Gasteiger partial charge in [-0.05, 0) is 51.2 Å². The van der Waals surface area contributed by atoms with Gasteiger partial charge in [-0.25, -0.2) is 9.59 Å². The van der Waals surface area contributed by atoms with E-state index in [9.17, 15) is 9.59 Å². The van der Waals surface area contributed by atoms with E-state index >= 15 is 0 Å². The Labute approximate surface area is 166 Å². The van der Waals surface area contributed by atoms with Crippen molar-refractivity contribution in [2.75, 3.05) is 26.8 Å². The fraction of sp³-hybridized carbons (Fsp3) is 0.545. The van der Waals surface area contributed by atoms with E-state index in [0.717, 1.165) is 24.8 Å². The van der Waals surface area contributed by atoms with Gasteiger partial charge in [0, 0.05) is 18.5 Å². The molecule has 0 bridgehead atoms. The maximum atomic E-state index is 12.3. The van der Waals surface area contributed by atoms with E-state index in [2.05, 4.69) is 6.58 Å². The molecule has 0 atom stereocenters. The van der Waals surface area contributed by atoms with Crippen molar-refractivity contribution < 1.29 is 23.8 Å². The summed E-state index contributed by atoms with van der Waals surface area (Å²) in [6.45, 7) is 11.2. The predicted molar refractivity (Wildman–Crippen MR) is 107 cm³/mol. The highest BCUT2D eigenvalue weighted by atomic mass is 16.6. The number of esters is 1. The molecule has 28 heavy (non-hydrogen) atoms. The predicted octanol–water partition coefficient (Wildman–Crippen LogP) is 4.07. The molecule has 0 unspecified atom stereocenters. The van der Waals surface area contributed by atoms with Crippen LogP contribution in [0.25, 0.3) is 6.08 Å². The van der Waals surface area contributed by atoms with Crippen LogP contribution in [-0.4, -0.2) is 49.4 Å². The average Bonchev–Trinajstić information content (AvgIpc) is 2.65. The number of benzene rings is 1. The number of rotatable bonds is 2. The summed E-state index contributed by atoms with van der Waals surface area (Å²) >= 11 is 0. The first-order chi connectivity index (χ1) is 13.2. The molecule has 2 aliphatic heterocycles. The lowest BCUT2D eigenvalue weighted by molar-refractivity contribution is -0.00134. The summed E-state index contributed by atoms with van der Waals surface area (Å²) in [4.78, 5) is 26.3. The monoisotopic (exact) mass is 387 g/mol. The van der Waals surface area contributed by atoms with Crippen LogP contribution >= 0.6 is 0 Å². The number of piperidine rings is 1. The molecule has 2 aliphatic rings. The molecule has 1 aromatic carbocycles. The Kier molecular flexibility index (Phi) is 5.41. The Morgan fingerprint density at radius 2 is 1.93 bits per heavy atom. The molecule has 152 valence electrons. The fourth-order valence-electron chi connectivity index (χ4n) is 3.92. The summed E-state index contributed by atoms with van der Waals surface area (Å²) in [5, 5.41) is 0. The van der Waals surface area contributed by atoms with Gasteiger partial charge >= 0.3 is 12.1 Å². The third-order valence-corrected chi connectivity index (χ3v) is 5.44. The van der Waals surface area contributed by atoms with Crippen LogP contribution in [0.4, 0.5) is 4.79 Å². The van der Waals surface area contributed by atoms with E-state index in [1.807, 2.05) is 32.9 Å². The summed E-state index contributed by atoms with van der Waals surface area (Å²) in [7, 11) is 1.37. The van der Waals surface area contributed by atoms with Crippen LogP contribution < -0.4 is 4.74 Å². The zero-order chi connectivity index (χ0) is 20.5. The van der Waals surface area contributed by atoms with Gasteiger partial charge in [0.05, 0.1) is 13.7 Å². The van der Waals surface area contributed by atoms with Crippen LogP contribution in [0.3, 0.4) is 0 Å². The third-order valence-electron chi connectivity index (χ3n) is 5.44. The Bertz CT molecular complexity index is 785. The van der Waals surface area contributed by atoms with E-state index in [1.165, 1.54) is 7.11 Å². The number of likely N-dealkylation sites (tertiary alicyclic amines) is 1. The number of amides is 1. The molecular weight excluding hydrogens is 358 g/mol. The highest BCUT2D eigenvalue weighted by Gasteiger charge is 2.41. The zero-order valence-electron chi connectivity index (χ0n) is 17.2. The van der Waals surface area contributed by atoms with Gasteiger partial charge in [-0.15, -0.1) is 0 Å². The Morgan fingerprint density at radius 3 is 2.50 bits per heavy atom. The average molecular weight is 387 g/mol. The molecule has 1 saturated heterocycles. The van der Waals surface area contributed by atoms with E-state index in [1.54, 1.807) is 11.0 Å². The van der Waals surface area contributed by atoms with Crippen molar-refractivity contribution in [3.8, 4) is 5.75 Å². The van der Waals surface area contributed by atoms with Crippen molar-refractivity contribution in [3.05, 3.63) is 35.4 Å². The minimum Gasteiger partial charge on any atom is -0.492 e. The van der Waals surface area contributed by atoms with E-state index < -0.39 is 11.6 Å². The number of hydrogen-bond donors (Lipinski definition) is 0. The van der Waals surface area contributed by atoms with E-state index in [4.69, 9.17) is 14.2 Å². The third kappa shape index (κ3) is 4.01. The van der Waals surface area contributed by atoms with Gasteiger partial charge in [0.1, 0.15) is 16.9 Å². The highest BCUT2D eigenvalue weighted by Crippen LogP contribution is 2.44. The second-order valence-electron chi connectivity index (χ2n) is 8.65. The van der Waals surface area contributed by atoms with Crippen LogP contribution in [0.5, 0.6) is 5.75 Å². The molecule has 1 amide bonds. The van der Waals surface area contributed by atoms with Crippen LogP contribution in [0, 0.1) is 5.41 Å². The number of carbonyl (C=O) groups excluding carboxylic acids is 2. The minimum atomic E-state index is -0.494. The van der Waals surface area contributed by atoms with Crippen molar-refractivity contribution in [1.82, 2.24) is 4.90 Å². The lowest BCUT2D eigenvalue weighted by Gasteiger charge is -2.44. The molecule has 6 nitrogen and oxygen atoms in total. The lowest BCUT2D eigenvalue weighted by Crippen LogP contribution is -2.49. The molecule has 0 radical (unpaired) electrons. The summed E-state index contributed by atoms with van der Waals surface area (Å²) in [6.07, 6.45) is 3.86. The molecule has 0 aliphatic carbocycles. The number of hydrogen-bond acceptors (Lipinski definition) is 5. The molecule has 0 aromatic heterocycles. The van der Waals surface area contributed by atoms with Crippen molar-refractivity contribution >= 4 is 18.1 Å². The van der Waals surface area contributed by atoms with Crippen LogP contribution in [0.15, 0.2) is 18.7 Å². The summed E-state index contributed by atoms with van der Waals surface area (Å²) in [5.74, 6) is 0.187. The van der Waals surface area contributed by atoms with Crippen molar-refractivity contribution in [1.29, 1.82) is 0 Å². The van der Waals surface area contributed by atoms with Crippen molar-refractivity contribution in [2.24, 2.45) is 5.41 Å². The molecule has 1 fully saturated rings. The van der Waals surface area contributed by atoms with Crippen LogP contribution in [0.2, 0.25) is 0 Å². The summed E-state index contributed by atoms with van der Waals surface area (Å²) in [5.41, 5.74) is 1.63. The van der Waals surface area contributed by atoms with Gasteiger partial charge in [-0.1, -0.05) is 24.8 Å². The Hall–Kier alpha value is -2.50. The quantitative estimate of drug-likeness (QED) is 0.716. The summed E-state index contributed by atoms with van der Waals surface area (Å²) in [6, 6.07) is 3.89. The highest BCUT2D eigenvalue weighted by molar-refractivity contribution is 5.97. The minimum absolute atomic E-state index is 0.0331. The molecule has 1 aromatic rings. The smallest absolute Gasteiger partial charge is 0.410 e. The second-order valence-corrected chi connectivity index (χ2v) is 8.65. The Morgan fingerprint density at radius 1 is 1.25 bits per heavy atom. The zero-order valence-corrected chi connectivity index (χ0v) is 17.2. The molecule has 6 heteroatoms. The maximum absolute atomic E-state index is 12.3. The lowest BCUT2D eigenvalue weighted by atomic mass is 9.72. The fourth-order valence-corrected chi connectivity index (χ4v) is 3.92. The first-order valence-electron chi connectivity index (χ1n) is 9.65. The molecule has 2 heterocycles. The van der Waals surface area contributed by atoms with Crippen LogP contribution in [0.1, 0.15) is 55.1 Å². The number of methoxy groups -OCH3 is 1. The van der Waals surface area contributed by atoms with Gasteiger partial charge in [0.2, 0.25) is 0 Å². The van der Waals surface area contributed by atoms with Gasteiger partial charge in [-0.3, -0.25) is 0 Å². The standard InChI is InChI=1S/C22H29NO5/c1-6-15-7-8-16-13-22(14-27-18(16)17(15)19(24)26-5)9-11-23(12-10-22)20(25)28-21(2,3)4/h6-8H,1,9-14H2,2-5H3. The van der Waals surface area contributed by atoms with Crippen LogP contribution in [-0.2, 0) is 15.9 Å². The number of nitrogens with zero attached hydrogens (tertiary/aromatic N) is 1. The molecule has 1 spiro atoms. The van der Waals surface area contributed by atoms with Crippen molar-refractivity contribution in [3.63, 3.8) is 0 Å². The Balaban J connectivity index is 1.75. The van der Waals surface area contributed by atoms with E-state index in [0.29, 0.717) is 36.6 Å². The van der Waals surface area contributed by atoms with Gasteiger partial charge in [0.25, 0.3) is 0 Å². The topological polar surface area (TPSA) is 65.1 Å². The van der Waals surface area contributed by atoms with Gasteiger partial charge in [0.15, 0.2) is 0 Å². The van der Waals surface area contributed by atoms with Crippen molar-refractivity contribution in [2.45, 2.75) is 45.6 Å². The molecule has 0 N–H and O–H groups in total. The number of carbonyl (C=O) groups is 2. The summed E-state index contributed by atoms with van der Waals surface area (Å²) < 4.78 is 16.5. The SMILES string of the molecule is C=Cc1ccc2c(c1C(=O)OC)OCC1(CCN(C(=O)OC(C)(C)C)CC1)C2. The first-order valence-corrected chi connectivity index (χ1v) is 9.65. The van der Waals surface area contributed by atoms with Gasteiger partial charge < -0.3 is 19.1 Å². The molecule has 0 saturated carbocycles. The molecular formula is C22H29NO5. The maximum Gasteiger partial charge on any atom is 0.410 e. The first kappa shape index (κ1) is 20.2. The van der Waals surface area contributed by atoms with Gasteiger partial charge in [-0.2, -0.15) is 0 Å².